The molecule has 3 rings (SSSR count). The van der Waals surface area contributed by atoms with Crippen LogP contribution in [0.1, 0.15) is 49.7 Å². The van der Waals surface area contributed by atoms with Crippen LogP contribution in [-0.2, 0) is 16.0 Å². The standard InChI is InChI=1S/C23H30O9/c1-4-5-6-30-15-7-11(2)17-14(26)9-13(8-12(3)25)31-22(17)18(15)23-21(29)20(28)19(27)16(10-24)32-23/h7,9,16,19-21,23-24,27-29H,4-6,8,10H2,1-3H3/t16-,19-,20+,21-,23+/m1/s1. The first kappa shape index (κ1) is 24.3. The number of ether oxygens (including phenoxy) is 2. The molecule has 176 valence electrons. The van der Waals surface area contributed by atoms with E-state index in [1.807, 2.05) is 6.92 Å². The van der Waals surface area contributed by atoms with Crippen molar-refractivity contribution in [1.82, 2.24) is 0 Å². The Morgan fingerprint density at radius 1 is 1.16 bits per heavy atom. The molecule has 0 unspecified atom stereocenters. The number of carbonyl (C=O) groups excluding carboxylic acids is 1. The fraction of sp³-hybridized carbons (Fsp3) is 0.565. The lowest BCUT2D eigenvalue weighted by atomic mass is 9.89. The average Bonchev–Trinajstić information content (AvgIpc) is 2.72. The van der Waals surface area contributed by atoms with E-state index in [1.54, 1.807) is 13.0 Å². The van der Waals surface area contributed by atoms with Crippen LogP contribution in [-0.4, -0.2) is 63.8 Å². The molecular weight excluding hydrogens is 420 g/mol. The quantitative estimate of drug-likeness (QED) is 0.431. The van der Waals surface area contributed by atoms with E-state index in [4.69, 9.17) is 13.9 Å². The van der Waals surface area contributed by atoms with Gasteiger partial charge in [0.1, 0.15) is 53.4 Å². The summed E-state index contributed by atoms with van der Waals surface area (Å²) < 4.78 is 17.6. The molecule has 32 heavy (non-hydrogen) atoms. The highest BCUT2D eigenvalue weighted by Gasteiger charge is 2.46. The third kappa shape index (κ3) is 4.72. The monoisotopic (exact) mass is 450 g/mol. The van der Waals surface area contributed by atoms with Gasteiger partial charge in [0.05, 0.1) is 30.6 Å². The predicted molar refractivity (Wildman–Crippen MR) is 115 cm³/mol. The Morgan fingerprint density at radius 3 is 2.50 bits per heavy atom. The summed E-state index contributed by atoms with van der Waals surface area (Å²) in [4.78, 5) is 24.5. The number of Topliss-reactive ketones (excluding diaryl/α,β-unsaturated/α-hetero) is 1. The molecule has 0 bridgehead atoms. The van der Waals surface area contributed by atoms with Gasteiger partial charge < -0.3 is 34.3 Å². The minimum Gasteiger partial charge on any atom is -0.493 e. The zero-order valence-corrected chi connectivity index (χ0v) is 18.4. The molecule has 2 aromatic rings. The highest BCUT2D eigenvalue weighted by atomic mass is 16.5. The summed E-state index contributed by atoms with van der Waals surface area (Å²) in [6, 6.07) is 2.89. The van der Waals surface area contributed by atoms with E-state index in [0.717, 1.165) is 12.8 Å². The maximum atomic E-state index is 12.9. The highest BCUT2D eigenvalue weighted by molar-refractivity contribution is 5.86. The Balaban J connectivity index is 2.27. The van der Waals surface area contributed by atoms with E-state index >= 15 is 0 Å². The minimum atomic E-state index is -1.61. The Hall–Kier alpha value is -2.30. The maximum Gasteiger partial charge on any atom is 0.193 e. The van der Waals surface area contributed by atoms with Gasteiger partial charge in [0.15, 0.2) is 5.43 Å². The molecule has 0 saturated carbocycles. The van der Waals surface area contributed by atoms with Gasteiger partial charge in [0.2, 0.25) is 0 Å². The average molecular weight is 450 g/mol. The number of carbonyl (C=O) groups is 1. The van der Waals surface area contributed by atoms with Crippen LogP contribution >= 0.6 is 0 Å². The van der Waals surface area contributed by atoms with Crippen molar-refractivity contribution in [3.63, 3.8) is 0 Å². The van der Waals surface area contributed by atoms with Crippen molar-refractivity contribution in [1.29, 1.82) is 0 Å². The summed E-state index contributed by atoms with van der Waals surface area (Å²) in [6.07, 6.45) is -5.62. The molecule has 9 heteroatoms. The van der Waals surface area contributed by atoms with Crippen LogP contribution < -0.4 is 10.2 Å². The molecule has 1 fully saturated rings. The summed E-state index contributed by atoms with van der Waals surface area (Å²) in [6.45, 7) is 4.84. The van der Waals surface area contributed by atoms with Crippen LogP contribution in [0.5, 0.6) is 5.75 Å². The molecule has 9 nitrogen and oxygen atoms in total. The molecule has 1 saturated heterocycles. The van der Waals surface area contributed by atoms with Crippen LogP contribution in [0.4, 0.5) is 0 Å². The number of aliphatic hydroxyl groups excluding tert-OH is 4. The number of ketones is 1. The lowest BCUT2D eigenvalue weighted by Crippen LogP contribution is -2.55. The zero-order valence-electron chi connectivity index (χ0n) is 18.4. The predicted octanol–water partition coefficient (Wildman–Crippen LogP) is 0.927. The van der Waals surface area contributed by atoms with E-state index in [0.29, 0.717) is 12.2 Å². The van der Waals surface area contributed by atoms with E-state index in [9.17, 15) is 30.0 Å². The zero-order chi connectivity index (χ0) is 23.6. The van der Waals surface area contributed by atoms with E-state index in [-0.39, 0.29) is 45.7 Å². The fourth-order valence-electron chi connectivity index (χ4n) is 3.95. The largest absolute Gasteiger partial charge is 0.493 e. The van der Waals surface area contributed by atoms with Gasteiger partial charge in [-0.3, -0.25) is 9.59 Å². The second-order valence-electron chi connectivity index (χ2n) is 8.22. The van der Waals surface area contributed by atoms with Crippen molar-refractivity contribution in [2.75, 3.05) is 13.2 Å². The number of hydrogen-bond donors (Lipinski definition) is 4. The molecule has 1 aromatic carbocycles. The second-order valence-corrected chi connectivity index (χ2v) is 8.22. The summed E-state index contributed by atoms with van der Waals surface area (Å²) in [5, 5.41) is 41.1. The van der Waals surface area contributed by atoms with Crippen LogP contribution in [0, 0.1) is 6.92 Å². The molecule has 5 atom stereocenters. The van der Waals surface area contributed by atoms with Crippen LogP contribution in [0.15, 0.2) is 21.3 Å². The van der Waals surface area contributed by atoms with Crippen LogP contribution in [0.25, 0.3) is 11.0 Å². The lowest BCUT2D eigenvalue weighted by Gasteiger charge is -2.40. The van der Waals surface area contributed by atoms with E-state index < -0.39 is 37.1 Å². The van der Waals surface area contributed by atoms with Gasteiger partial charge in [-0.15, -0.1) is 0 Å². The Bertz CT molecular complexity index is 1030. The Kier molecular flexibility index (Phi) is 7.68. The number of unbranched alkanes of at least 4 members (excludes halogenated alkanes) is 1. The van der Waals surface area contributed by atoms with Gasteiger partial charge in [-0.2, -0.15) is 0 Å². The van der Waals surface area contributed by atoms with Crippen molar-refractivity contribution in [2.45, 2.75) is 70.6 Å². The second kappa shape index (κ2) is 10.1. The number of benzene rings is 1. The third-order valence-electron chi connectivity index (χ3n) is 5.61. The fourth-order valence-corrected chi connectivity index (χ4v) is 3.95. The normalized spacial score (nSPS) is 25.8. The number of fused-ring (bicyclic) bond motifs is 1. The summed E-state index contributed by atoms with van der Waals surface area (Å²) in [5.74, 6) is 0.232. The molecule has 4 N–H and O–H groups in total. The van der Waals surface area contributed by atoms with Gasteiger partial charge in [-0.25, -0.2) is 0 Å². The third-order valence-corrected chi connectivity index (χ3v) is 5.61. The van der Waals surface area contributed by atoms with Crippen molar-refractivity contribution in [2.24, 2.45) is 0 Å². The molecular formula is C23H30O9. The number of aryl methyl sites for hydroxylation is 1. The maximum absolute atomic E-state index is 12.9. The first-order valence-corrected chi connectivity index (χ1v) is 10.7. The van der Waals surface area contributed by atoms with Gasteiger partial charge in [-0.05, 0) is 31.9 Å². The Labute approximate surface area is 185 Å². The smallest absolute Gasteiger partial charge is 0.193 e. The number of rotatable bonds is 8. The van der Waals surface area contributed by atoms with Gasteiger partial charge >= 0.3 is 0 Å². The van der Waals surface area contributed by atoms with Gasteiger partial charge in [-0.1, -0.05) is 13.3 Å². The SMILES string of the molecule is CCCCOc1cc(C)c2c(=O)cc(CC(C)=O)oc2c1[C@@H]1O[C@H](CO)[C@@H](O)[C@H](O)[C@H]1O. The molecule has 1 aliphatic heterocycles. The lowest BCUT2D eigenvalue weighted by molar-refractivity contribution is -0.231. The Morgan fingerprint density at radius 2 is 1.88 bits per heavy atom. The number of hydrogen-bond acceptors (Lipinski definition) is 9. The first-order valence-electron chi connectivity index (χ1n) is 10.7. The first-order chi connectivity index (χ1) is 15.2. The molecule has 2 heterocycles. The highest BCUT2D eigenvalue weighted by Crippen LogP contribution is 2.42. The summed E-state index contributed by atoms with van der Waals surface area (Å²) in [5.41, 5.74) is 0.458. The topological polar surface area (TPSA) is 147 Å². The summed E-state index contributed by atoms with van der Waals surface area (Å²) >= 11 is 0. The van der Waals surface area contributed by atoms with Crippen LogP contribution in [0.3, 0.4) is 0 Å². The molecule has 0 spiro atoms. The summed E-state index contributed by atoms with van der Waals surface area (Å²) in [7, 11) is 0. The minimum absolute atomic E-state index is 0.0737. The number of aliphatic hydroxyl groups is 4. The molecule has 1 aromatic heterocycles. The molecule has 0 aliphatic carbocycles. The van der Waals surface area contributed by atoms with Crippen molar-refractivity contribution in [3.8, 4) is 5.75 Å². The molecule has 0 radical (unpaired) electrons. The molecule has 1 aliphatic rings. The van der Waals surface area contributed by atoms with Gasteiger partial charge in [0, 0.05) is 6.07 Å². The van der Waals surface area contributed by atoms with Crippen LogP contribution in [0.2, 0.25) is 0 Å². The van der Waals surface area contributed by atoms with Crippen molar-refractivity contribution < 1.29 is 39.1 Å². The van der Waals surface area contributed by atoms with Crippen molar-refractivity contribution in [3.05, 3.63) is 39.2 Å². The van der Waals surface area contributed by atoms with Gasteiger partial charge in [0.25, 0.3) is 0 Å². The van der Waals surface area contributed by atoms with Crippen molar-refractivity contribution >= 4 is 16.8 Å². The van der Waals surface area contributed by atoms with E-state index in [2.05, 4.69) is 0 Å². The molecule has 0 amide bonds. The van der Waals surface area contributed by atoms with E-state index in [1.165, 1.54) is 13.0 Å².